The number of anilines is 1. The third-order valence-corrected chi connectivity index (χ3v) is 4.85. The van der Waals surface area contributed by atoms with Crippen LogP contribution in [0.5, 0.6) is 0 Å². The molecule has 1 amide bonds. The van der Waals surface area contributed by atoms with E-state index in [9.17, 15) is 4.79 Å². The molecule has 2 aromatic rings. The van der Waals surface area contributed by atoms with E-state index in [2.05, 4.69) is 22.3 Å². The van der Waals surface area contributed by atoms with Gasteiger partial charge < -0.3 is 5.32 Å². The molecule has 126 valence electrons. The maximum Gasteiger partial charge on any atom is 0.238 e. The van der Waals surface area contributed by atoms with E-state index in [1.165, 1.54) is 5.56 Å². The van der Waals surface area contributed by atoms with E-state index in [1.54, 1.807) is 0 Å². The molecule has 1 aliphatic rings. The first-order valence-corrected chi connectivity index (χ1v) is 8.82. The Morgan fingerprint density at radius 1 is 1.17 bits per heavy atom. The van der Waals surface area contributed by atoms with Crippen molar-refractivity contribution in [3.63, 3.8) is 0 Å². The first-order chi connectivity index (χ1) is 11.6. The smallest absolute Gasteiger partial charge is 0.238 e. The first-order valence-electron chi connectivity index (χ1n) is 8.44. The van der Waals surface area contributed by atoms with Crippen molar-refractivity contribution >= 4 is 23.2 Å². The van der Waals surface area contributed by atoms with Gasteiger partial charge in [0.05, 0.1) is 6.54 Å². The maximum atomic E-state index is 12.2. The predicted molar refractivity (Wildman–Crippen MR) is 99.7 cm³/mol. The van der Waals surface area contributed by atoms with Crippen LogP contribution in [0.2, 0.25) is 5.02 Å². The van der Waals surface area contributed by atoms with Crippen LogP contribution in [0.15, 0.2) is 48.5 Å². The van der Waals surface area contributed by atoms with Gasteiger partial charge in [-0.1, -0.05) is 35.9 Å². The quantitative estimate of drug-likeness (QED) is 0.889. The molecule has 0 aromatic heterocycles. The summed E-state index contributed by atoms with van der Waals surface area (Å²) in [6.45, 7) is 4.39. The van der Waals surface area contributed by atoms with Gasteiger partial charge in [0.1, 0.15) is 0 Å². The van der Waals surface area contributed by atoms with Crippen LogP contribution in [0, 0.1) is 6.92 Å². The summed E-state index contributed by atoms with van der Waals surface area (Å²) in [7, 11) is 0. The number of nitrogens with one attached hydrogen (secondary N) is 1. The van der Waals surface area contributed by atoms with Crippen molar-refractivity contribution in [2.24, 2.45) is 0 Å². The van der Waals surface area contributed by atoms with Gasteiger partial charge in [-0.15, -0.1) is 0 Å². The van der Waals surface area contributed by atoms with Gasteiger partial charge >= 0.3 is 0 Å². The molecule has 24 heavy (non-hydrogen) atoms. The van der Waals surface area contributed by atoms with Crippen LogP contribution in [-0.4, -0.2) is 30.4 Å². The molecule has 0 radical (unpaired) electrons. The Balaban J connectivity index is 1.48. The van der Waals surface area contributed by atoms with E-state index in [0.29, 0.717) is 12.5 Å². The van der Waals surface area contributed by atoms with Gasteiger partial charge in [-0.25, -0.2) is 0 Å². The van der Waals surface area contributed by atoms with Gasteiger partial charge in [-0.3, -0.25) is 9.69 Å². The minimum absolute atomic E-state index is 0.0607. The summed E-state index contributed by atoms with van der Waals surface area (Å²) in [6.07, 6.45) is 2.17. The zero-order valence-corrected chi connectivity index (χ0v) is 14.7. The Bertz CT molecular complexity index is 691. The zero-order valence-electron chi connectivity index (χ0n) is 14.0. The molecular formula is C20H23ClN2O. The van der Waals surface area contributed by atoms with E-state index in [4.69, 9.17) is 11.6 Å². The molecule has 0 aliphatic carbocycles. The van der Waals surface area contributed by atoms with Crippen LogP contribution < -0.4 is 5.32 Å². The Morgan fingerprint density at radius 2 is 1.88 bits per heavy atom. The fourth-order valence-corrected chi connectivity index (χ4v) is 3.41. The molecule has 1 heterocycles. The summed E-state index contributed by atoms with van der Waals surface area (Å²) in [5.41, 5.74) is 3.37. The molecule has 0 spiro atoms. The number of carbonyl (C=O) groups is 1. The van der Waals surface area contributed by atoms with E-state index in [-0.39, 0.29) is 5.91 Å². The van der Waals surface area contributed by atoms with Gasteiger partial charge in [0.25, 0.3) is 0 Å². The highest BCUT2D eigenvalue weighted by Gasteiger charge is 2.22. The third-order valence-electron chi connectivity index (χ3n) is 4.60. The van der Waals surface area contributed by atoms with E-state index >= 15 is 0 Å². The van der Waals surface area contributed by atoms with Gasteiger partial charge in [0.15, 0.2) is 0 Å². The average molecular weight is 343 g/mol. The van der Waals surface area contributed by atoms with Crippen molar-refractivity contribution in [3.8, 4) is 0 Å². The third kappa shape index (κ3) is 4.59. The van der Waals surface area contributed by atoms with Crippen molar-refractivity contribution in [2.45, 2.75) is 25.7 Å². The Labute approximate surface area is 148 Å². The number of nitrogens with zero attached hydrogens (tertiary/aromatic N) is 1. The summed E-state index contributed by atoms with van der Waals surface area (Å²) in [5, 5.41) is 3.77. The van der Waals surface area contributed by atoms with Crippen molar-refractivity contribution < 1.29 is 4.79 Å². The SMILES string of the molecule is Cc1cccc(NC(=O)CN2CCC(c3ccc(Cl)cc3)CC2)c1. The fraction of sp³-hybridized carbons (Fsp3) is 0.350. The molecule has 0 atom stereocenters. The first kappa shape index (κ1) is 17.0. The summed E-state index contributed by atoms with van der Waals surface area (Å²) in [5.74, 6) is 0.629. The molecule has 3 nitrogen and oxygen atoms in total. The number of hydrogen-bond donors (Lipinski definition) is 1. The highest BCUT2D eigenvalue weighted by atomic mass is 35.5. The molecule has 0 bridgehead atoms. The molecule has 0 unspecified atom stereocenters. The number of rotatable bonds is 4. The summed E-state index contributed by atoms with van der Waals surface area (Å²) in [4.78, 5) is 14.4. The normalized spacial score (nSPS) is 16.1. The topological polar surface area (TPSA) is 32.3 Å². The lowest BCUT2D eigenvalue weighted by atomic mass is 9.89. The molecule has 1 fully saturated rings. The van der Waals surface area contributed by atoms with Crippen LogP contribution >= 0.6 is 11.6 Å². The number of halogens is 1. The van der Waals surface area contributed by atoms with E-state index < -0.39 is 0 Å². The van der Waals surface area contributed by atoms with Crippen LogP contribution in [0.1, 0.15) is 29.9 Å². The Kier molecular flexibility index (Phi) is 5.54. The van der Waals surface area contributed by atoms with Crippen molar-refractivity contribution in [1.82, 2.24) is 4.90 Å². The number of hydrogen-bond acceptors (Lipinski definition) is 2. The second kappa shape index (κ2) is 7.82. The van der Waals surface area contributed by atoms with Crippen molar-refractivity contribution in [3.05, 3.63) is 64.7 Å². The lowest BCUT2D eigenvalue weighted by molar-refractivity contribution is -0.117. The van der Waals surface area contributed by atoms with E-state index in [1.807, 2.05) is 43.3 Å². The second-order valence-electron chi connectivity index (χ2n) is 6.52. The zero-order chi connectivity index (χ0) is 16.9. The molecule has 2 aromatic carbocycles. The monoisotopic (exact) mass is 342 g/mol. The number of amides is 1. The highest BCUT2D eigenvalue weighted by Crippen LogP contribution is 2.28. The number of piperidine rings is 1. The summed E-state index contributed by atoms with van der Waals surface area (Å²) < 4.78 is 0. The van der Waals surface area contributed by atoms with Gasteiger partial charge in [-0.2, -0.15) is 0 Å². The number of likely N-dealkylation sites (tertiary alicyclic amines) is 1. The van der Waals surface area contributed by atoms with E-state index in [0.717, 1.165) is 42.2 Å². The van der Waals surface area contributed by atoms with Crippen molar-refractivity contribution in [1.29, 1.82) is 0 Å². The van der Waals surface area contributed by atoms with Crippen LogP contribution in [-0.2, 0) is 4.79 Å². The minimum Gasteiger partial charge on any atom is -0.325 e. The summed E-state index contributed by atoms with van der Waals surface area (Å²) in [6, 6.07) is 16.1. The van der Waals surface area contributed by atoms with Crippen LogP contribution in [0.25, 0.3) is 0 Å². The lowest BCUT2D eigenvalue weighted by Crippen LogP contribution is -2.38. The number of carbonyl (C=O) groups excluding carboxylic acids is 1. The maximum absolute atomic E-state index is 12.2. The van der Waals surface area contributed by atoms with Crippen LogP contribution in [0.4, 0.5) is 5.69 Å². The number of aryl methyl sites for hydroxylation is 1. The minimum atomic E-state index is 0.0607. The molecule has 4 heteroatoms. The molecule has 1 N–H and O–H groups in total. The molecule has 1 saturated heterocycles. The second-order valence-corrected chi connectivity index (χ2v) is 6.96. The largest absolute Gasteiger partial charge is 0.325 e. The van der Waals surface area contributed by atoms with Crippen LogP contribution in [0.3, 0.4) is 0 Å². The summed E-state index contributed by atoms with van der Waals surface area (Å²) >= 11 is 5.95. The number of benzene rings is 2. The standard InChI is InChI=1S/C20H23ClN2O/c1-15-3-2-4-19(13-15)22-20(24)14-23-11-9-17(10-12-23)16-5-7-18(21)8-6-16/h2-8,13,17H,9-12,14H2,1H3,(H,22,24). The molecule has 3 rings (SSSR count). The molecule has 0 saturated carbocycles. The average Bonchev–Trinajstić information content (AvgIpc) is 2.56. The highest BCUT2D eigenvalue weighted by molar-refractivity contribution is 6.30. The van der Waals surface area contributed by atoms with Gasteiger partial charge in [0, 0.05) is 10.7 Å². The molecule has 1 aliphatic heterocycles. The lowest BCUT2D eigenvalue weighted by Gasteiger charge is -2.31. The predicted octanol–water partition coefficient (Wildman–Crippen LogP) is 4.47. The Hall–Kier alpha value is -1.84. The molecular weight excluding hydrogens is 320 g/mol. The van der Waals surface area contributed by atoms with Gasteiger partial charge in [-0.05, 0) is 74.2 Å². The van der Waals surface area contributed by atoms with Gasteiger partial charge in [0.2, 0.25) is 5.91 Å². The fourth-order valence-electron chi connectivity index (χ4n) is 3.29. The van der Waals surface area contributed by atoms with Crippen molar-refractivity contribution in [2.75, 3.05) is 25.0 Å². The Morgan fingerprint density at radius 3 is 2.54 bits per heavy atom.